The number of nitrogens with one attached hydrogen (secondary N) is 1. The molecule has 1 aromatic heterocycles. The number of thiophene rings is 1. The smallest absolute Gasteiger partial charge is 0.0702 e. The molecule has 12 heavy (non-hydrogen) atoms. The Hall–Kier alpha value is 0.1000. The minimum Gasteiger partial charge on any atom is -0.271 e. The van der Waals surface area contributed by atoms with Gasteiger partial charge in [-0.05, 0) is 34.5 Å². The molecule has 0 aliphatic carbocycles. The first-order valence-corrected chi connectivity index (χ1v) is 5.60. The zero-order valence-electron chi connectivity index (χ0n) is 7.01. The molecule has 0 saturated carbocycles. The van der Waals surface area contributed by atoms with E-state index >= 15 is 0 Å². The van der Waals surface area contributed by atoms with Gasteiger partial charge in [-0.3, -0.25) is 11.3 Å². The second-order valence-electron chi connectivity index (χ2n) is 2.65. The van der Waals surface area contributed by atoms with Crippen LogP contribution >= 0.6 is 27.3 Å². The van der Waals surface area contributed by atoms with E-state index < -0.39 is 0 Å². The van der Waals surface area contributed by atoms with Gasteiger partial charge in [-0.2, -0.15) is 0 Å². The lowest BCUT2D eigenvalue weighted by Gasteiger charge is -2.11. The first-order chi connectivity index (χ1) is 5.77. The summed E-state index contributed by atoms with van der Waals surface area (Å²) in [5, 5.41) is 0. The molecule has 0 aliphatic rings. The molecular weight excluding hydrogens is 236 g/mol. The van der Waals surface area contributed by atoms with E-state index in [1.54, 1.807) is 11.3 Å². The van der Waals surface area contributed by atoms with Crippen molar-refractivity contribution in [2.24, 2.45) is 5.84 Å². The molecule has 0 saturated heterocycles. The summed E-state index contributed by atoms with van der Waals surface area (Å²) in [5.74, 6) is 5.44. The van der Waals surface area contributed by atoms with Gasteiger partial charge in [-0.1, -0.05) is 13.3 Å². The summed E-state index contributed by atoms with van der Waals surface area (Å²) in [7, 11) is 0. The molecule has 1 atom stereocenters. The van der Waals surface area contributed by atoms with E-state index in [9.17, 15) is 0 Å². The van der Waals surface area contributed by atoms with E-state index in [4.69, 9.17) is 5.84 Å². The number of hydrogen-bond donors (Lipinski definition) is 2. The average molecular weight is 249 g/mol. The molecule has 4 heteroatoms. The van der Waals surface area contributed by atoms with Crippen LogP contribution in [-0.2, 0) is 0 Å². The standard InChI is InChI=1S/C8H13BrN2S/c1-2-3-6(11-10)7-4-5-8(9)12-7/h4-6,11H,2-3,10H2,1H3. The van der Waals surface area contributed by atoms with E-state index in [0.29, 0.717) is 6.04 Å². The molecule has 1 aromatic rings. The third-order valence-corrected chi connectivity index (χ3v) is 3.45. The molecule has 0 bridgehead atoms. The largest absolute Gasteiger partial charge is 0.271 e. The Morgan fingerprint density at radius 2 is 2.42 bits per heavy atom. The highest BCUT2D eigenvalue weighted by molar-refractivity contribution is 9.11. The molecule has 2 nitrogen and oxygen atoms in total. The summed E-state index contributed by atoms with van der Waals surface area (Å²) < 4.78 is 1.16. The fourth-order valence-electron chi connectivity index (χ4n) is 1.11. The number of rotatable bonds is 4. The van der Waals surface area contributed by atoms with Crippen molar-refractivity contribution in [2.75, 3.05) is 0 Å². The molecule has 68 valence electrons. The topological polar surface area (TPSA) is 38.0 Å². The predicted octanol–water partition coefficient (Wildman–Crippen LogP) is 2.82. The van der Waals surface area contributed by atoms with Gasteiger partial charge in [-0.15, -0.1) is 11.3 Å². The Morgan fingerprint density at radius 1 is 1.67 bits per heavy atom. The van der Waals surface area contributed by atoms with Gasteiger partial charge in [0, 0.05) is 4.88 Å². The molecule has 0 aliphatic heterocycles. The first-order valence-electron chi connectivity index (χ1n) is 3.99. The molecule has 3 N–H and O–H groups in total. The lowest BCUT2D eigenvalue weighted by Crippen LogP contribution is -2.27. The lowest BCUT2D eigenvalue weighted by molar-refractivity contribution is 0.517. The number of hydrazine groups is 1. The van der Waals surface area contributed by atoms with Crippen molar-refractivity contribution >= 4 is 27.3 Å². The van der Waals surface area contributed by atoms with Gasteiger partial charge in [0.2, 0.25) is 0 Å². The van der Waals surface area contributed by atoms with Crippen molar-refractivity contribution in [1.29, 1.82) is 0 Å². The van der Waals surface area contributed by atoms with Crippen LogP contribution in [0.3, 0.4) is 0 Å². The quantitative estimate of drug-likeness (QED) is 0.636. The minimum absolute atomic E-state index is 0.311. The molecule has 0 spiro atoms. The van der Waals surface area contributed by atoms with Gasteiger partial charge >= 0.3 is 0 Å². The minimum atomic E-state index is 0.311. The van der Waals surface area contributed by atoms with Gasteiger partial charge in [0.15, 0.2) is 0 Å². The Bertz CT molecular complexity index is 237. The normalized spacial score (nSPS) is 13.2. The molecule has 1 rings (SSSR count). The van der Waals surface area contributed by atoms with E-state index in [-0.39, 0.29) is 0 Å². The van der Waals surface area contributed by atoms with Gasteiger partial charge in [-0.25, -0.2) is 0 Å². The Morgan fingerprint density at radius 3 is 2.83 bits per heavy atom. The molecule has 0 fully saturated rings. The van der Waals surface area contributed by atoms with E-state index in [1.807, 2.05) is 0 Å². The molecular formula is C8H13BrN2S. The van der Waals surface area contributed by atoms with Gasteiger partial charge in [0.25, 0.3) is 0 Å². The third kappa shape index (κ3) is 2.55. The first kappa shape index (κ1) is 10.2. The van der Waals surface area contributed by atoms with E-state index in [0.717, 1.165) is 16.6 Å². The molecule has 0 aromatic carbocycles. The van der Waals surface area contributed by atoms with Crippen molar-refractivity contribution in [1.82, 2.24) is 5.43 Å². The molecule has 0 amide bonds. The van der Waals surface area contributed by atoms with Gasteiger partial charge < -0.3 is 0 Å². The number of halogens is 1. The summed E-state index contributed by atoms with van der Waals surface area (Å²) >= 11 is 5.17. The van der Waals surface area contributed by atoms with Crippen LogP contribution in [0.4, 0.5) is 0 Å². The fraction of sp³-hybridized carbons (Fsp3) is 0.500. The van der Waals surface area contributed by atoms with E-state index in [2.05, 4.69) is 40.4 Å². The van der Waals surface area contributed by atoms with Crippen LogP contribution in [-0.4, -0.2) is 0 Å². The van der Waals surface area contributed by atoms with Crippen LogP contribution in [0, 0.1) is 0 Å². The highest BCUT2D eigenvalue weighted by Gasteiger charge is 2.09. The fourth-order valence-corrected chi connectivity index (χ4v) is 2.63. The van der Waals surface area contributed by atoms with Crippen LogP contribution in [0.25, 0.3) is 0 Å². The highest BCUT2D eigenvalue weighted by Crippen LogP contribution is 2.28. The maximum atomic E-state index is 5.44. The predicted molar refractivity (Wildman–Crippen MR) is 57.0 cm³/mol. The summed E-state index contributed by atoms with van der Waals surface area (Å²) in [6, 6.07) is 4.47. The summed E-state index contributed by atoms with van der Waals surface area (Å²) in [6.45, 7) is 2.16. The average Bonchev–Trinajstić information content (AvgIpc) is 2.47. The van der Waals surface area contributed by atoms with Crippen LogP contribution in [0.5, 0.6) is 0 Å². The Balaban J connectivity index is 2.66. The highest BCUT2D eigenvalue weighted by atomic mass is 79.9. The monoisotopic (exact) mass is 248 g/mol. The van der Waals surface area contributed by atoms with Crippen molar-refractivity contribution in [3.8, 4) is 0 Å². The molecule has 1 heterocycles. The van der Waals surface area contributed by atoms with E-state index in [1.165, 1.54) is 4.88 Å². The lowest BCUT2D eigenvalue weighted by atomic mass is 10.1. The van der Waals surface area contributed by atoms with Crippen molar-refractivity contribution in [2.45, 2.75) is 25.8 Å². The maximum absolute atomic E-state index is 5.44. The van der Waals surface area contributed by atoms with Crippen molar-refractivity contribution in [3.05, 3.63) is 20.8 Å². The summed E-state index contributed by atoms with van der Waals surface area (Å²) in [4.78, 5) is 1.30. The maximum Gasteiger partial charge on any atom is 0.0702 e. The van der Waals surface area contributed by atoms with Crippen LogP contribution in [0.1, 0.15) is 30.7 Å². The van der Waals surface area contributed by atoms with Crippen LogP contribution in [0.15, 0.2) is 15.9 Å². The molecule has 0 radical (unpaired) electrons. The van der Waals surface area contributed by atoms with Gasteiger partial charge in [0.05, 0.1) is 9.83 Å². The zero-order valence-corrected chi connectivity index (χ0v) is 9.41. The zero-order chi connectivity index (χ0) is 8.97. The second kappa shape index (κ2) is 4.97. The van der Waals surface area contributed by atoms with Crippen molar-refractivity contribution < 1.29 is 0 Å². The second-order valence-corrected chi connectivity index (χ2v) is 5.14. The Labute approximate surface area is 85.3 Å². The number of nitrogens with two attached hydrogens (primary N) is 1. The third-order valence-electron chi connectivity index (χ3n) is 1.72. The molecule has 1 unspecified atom stereocenters. The summed E-state index contributed by atoms with van der Waals surface area (Å²) in [5.41, 5.74) is 2.82. The van der Waals surface area contributed by atoms with Gasteiger partial charge in [0.1, 0.15) is 0 Å². The SMILES string of the molecule is CCCC(NN)c1ccc(Br)s1. The van der Waals surface area contributed by atoms with Crippen molar-refractivity contribution in [3.63, 3.8) is 0 Å². The Kier molecular flexibility index (Phi) is 4.21. The van der Waals surface area contributed by atoms with Crippen LogP contribution in [0.2, 0.25) is 0 Å². The number of hydrogen-bond acceptors (Lipinski definition) is 3. The summed E-state index contributed by atoms with van der Waals surface area (Å²) in [6.07, 6.45) is 2.23. The van der Waals surface area contributed by atoms with Crippen LogP contribution < -0.4 is 11.3 Å².